The summed E-state index contributed by atoms with van der Waals surface area (Å²) in [6, 6.07) is 20.9. The van der Waals surface area contributed by atoms with Crippen molar-refractivity contribution in [3.8, 4) is 11.3 Å². The van der Waals surface area contributed by atoms with Crippen LogP contribution in [0.1, 0.15) is 28.8 Å². The molecule has 1 N–H and O–H groups in total. The van der Waals surface area contributed by atoms with E-state index in [1.165, 1.54) is 0 Å². The zero-order valence-corrected chi connectivity index (χ0v) is 17.9. The molecule has 0 saturated carbocycles. The highest BCUT2D eigenvalue weighted by Crippen LogP contribution is 2.22. The number of nitrogens with one attached hydrogen (secondary N) is 1. The van der Waals surface area contributed by atoms with Crippen molar-refractivity contribution in [1.82, 2.24) is 15.2 Å². The van der Waals surface area contributed by atoms with E-state index in [0.29, 0.717) is 43.1 Å². The summed E-state index contributed by atoms with van der Waals surface area (Å²) in [6.45, 7) is 1.59. The summed E-state index contributed by atoms with van der Waals surface area (Å²) in [5, 5.41) is 3.65. The molecule has 3 aromatic rings. The van der Waals surface area contributed by atoms with E-state index in [-0.39, 0.29) is 17.7 Å². The Balaban J connectivity index is 1.32. The van der Waals surface area contributed by atoms with Crippen LogP contribution in [0, 0.1) is 5.92 Å². The second kappa shape index (κ2) is 9.75. The molecule has 158 valence electrons. The second-order valence-electron chi connectivity index (χ2n) is 7.71. The lowest BCUT2D eigenvalue weighted by Crippen LogP contribution is -2.42. The number of benzene rings is 2. The average molecular weight is 434 g/mol. The van der Waals surface area contributed by atoms with Crippen LogP contribution in [0.3, 0.4) is 0 Å². The molecule has 0 aliphatic carbocycles. The molecule has 0 spiro atoms. The van der Waals surface area contributed by atoms with Gasteiger partial charge in [0, 0.05) is 47.9 Å². The number of rotatable bonds is 5. The summed E-state index contributed by atoms with van der Waals surface area (Å²) in [5.74, 6) is -0.0692. The van der Waals surface area contributed by atoms with E-state index in [1.807, 2.05) is 65.6 Å². The Labute approximate surface area is 187 Å². The fraction of sp³-hybridized carbons (Fsp3) is 0.240. The molecule has 5 nitrogen and oxygen atoms in total. The van der Waals surface area contributed by atoms with Crippen LogP contribution in [0.2, 0.25) is 5.02 Å². The molecule has 31 heavy (non-hydrogen) atoms. The zero-order chi connectivity index (χ0) is 21.6. The van der Waals surface area contributed by atoms with Gasteiger partial charge in [-0.15, -0.1) is 0 Å². The Bertz CT molecular complexity index is 1060. The third kappa shape index (κ3) is 5.30. The number of piperidine rings is 1. The second-order valence-corrected chi connectivity index (χ2v) is 8.15. The average Bonchev–Trinajstić information content (AvgIpc) is 2.83. The standard InChI is InChI=1S/C25H24ClN3O2/c26-22-8-4-5-18(15-22)17-28-24(30)20-10-13-29(14-11-20)25(31)21-9-12-27-23(16-21)19-6-2-1-3-7-19/h1-9,12,15-16,20H,10-11,13-14,17H2,(H,28,30). The number of pyridine rings is 1. The Morgan fingerprint density at radius 1 is 1.00 bits per heavy atom. The van der Waals surface area contributed by atoms with E-state index < -0.39 is 0 Å². The minimum absolute atomic E-state index is 0.0163. The minimum atomic E-state index is -0.0828. The Hall–Kier alpha value is -3.18. The lowest BCUT2D eigenvalue weighted by Gasteiger charge is -2.31. The van der Waals surface area contributed by atoms with E-state index in [4.69, 9.17) is 11.6 Å². The van der Waals surface area contributed by atoms with E-state index in [0.717, 1.165) is 16.8 Å². The maximum absolute atomic E-state index is 13.0. The molecular weight excluding hydrogens is 410 g/mol. The van der Waals surface area contributed by atoms with Crippen molar-refractivity contribution in [3.05, 3.63) is 89.1 Å². The maximum Gasteiger partial charge on any atom is 0.253 e. The number of carbonyl (C=O) groups is 2. The molecule has 1 aliphatic heterocycles. The van der Waals surface area contributed by atoms with Crippen molar-refractivity contribution in [2.24, 2.45) is 5.92 Å². The number of hydrogen-bond acceptors (Lipinski definition) is 3. The molecule has 2 heterocycles. The van der Waals surface area contributed by atoms with Crippen LogP contribution in [0.25, 0.3) is 11.3 Å². The molecule has 2 amide bonds. The van der Waals surface area contributed by atoms with Crippen LogP contribution in [-0.4, -0.2) is 34.8 Å². The van der Waals surface area contributed by atoms with Crippen molar-refractivity contribution in [2.45, 2.75) is 19.4 Å². The quantitative estimate of drug-likeness (QED) is 0.641. The van der Waals surface area contributed by atoms with Crippen LogP contribution >= 0.6 is 11.6 Å². The first-order valence-electron chi connectivity index (χ1n) is 10.4. The predicted molar refractivity (Wildman–Crippen MR) is 122 cm³/mol. The topological polar surface area (TPSA) is 62.3 Å². The summed E-state index contributed by atoms with van der Waals surface area (Å²) in [5.41, 5.74) is 3.35. The van der Waals surface area contributed by atoms with Gasteiger partial charge in [0.05, 0.1) is 5.69 Å². The smallest absolute Gasteiger partial charge is 0.253 e. The Kier molecular flexibility index (Phi) is 6.63. The number of amides is 2. The first kappa shape index (κ1) is 21.1. The third-order valence-electron chi connectivity index (χ3n) is 5.59. The summed E-state index contributed by atoms with van der Waals surface area (Å²) < 4.78 is 0. The predicted octanol–water partition coefficient (Wildman–Crippen LogP) is 4.57. The molecule has 2 aromatic carbocycles. The lowest BCUT2D eigenvalue weighted by molar-refractivity contribution is -0.126. The number of carbonyl (C=O) groups excluding carboxylic acids is 2. The summed E-state index contributed by atoms with van der Waals surface area (Å²) >= 11 is 6.00. The van der Waals surface area contributed by atoms with Crippen molar-refractivity contribution in [2.75, 3.05) is 13.1 Å². The normalized spacial score (nSPS) is 14.3. The molecular formula is C25H24ClN3O2. The summed E-state index contributed by atoms with van der Waals surface area (Å²) in [6.07, 6.45) is 2.99. The van der Waals surface area contributed by atoms with Gasteiger partial charge in [-0.2, -0.15) is 0 Å². The van der Waals surface area contributed by atoms with Gasteiger partial charge in [-0.05, 0) is 42.7 Å². The molecule has 4 rings (SSSR count). The molecule has 0 unspecified atom stereocenters. The fourth-order valence-electron chi connectivity index (χ4n) is 3.84. The van der Waals surface area contributed by atoms with Crippen molar-refractivity contribution in [3.63, 3.8) is 0 Å². The SMILES string of the molecule is O=C(NCc1cccc(Cl)c1)C1CCN(C(=O)c2ccnc(-c3ccccc3)c2)CC1. The first-order chi connectivity index (χ1) is 15.1. The van der Waals surface area contributed by atoms with Gasteiger partial charge in [0.25, 0.3) is 5.91 Å². The highest BCUT2D eigenvalue weighted by atomic mass is 35.5. The minimum Gasteiger partial charge on any atom is -0.352 e. The number of hydrogen-bond donors (Lipinski definition) is 1. The summed E-state index contributed by atoms with van der Waals surface area (Å²) in [7, 11) is 0. The summed E-state index contributed by atoms with van der Waals surface area (Å²) in [4.78, 5) is 31.8. The van der Waals surface area contributed by atoms with Crippen LogP contribution in [0.4, 0.5) is 0 Å². The van der Waals surface area contributed by atoms with Crippen LogP contribution in [-0.2, 0) is 11.3 Å². The maximum atomic E-state index is 13.0. The van der Waals surface area contributed by atoms with Gasteiger partial charge in [0.15, 0.2) is 0 Å². The molecule has 1 fully saturated rings. The molecule has 0 bridgehead atoms. The van der Waals surface area contributed by atoms with Gasteiger partial charge in [0.1, 0.15) is 0 Å². The third-order valence-corrected chi connectivity index (χ3v) is 5.82. The Morgan fingerprint density at radius 3 is 2.52 bits per heavy atom. The van der Waals surface area contributed by atoms with Crippen molar-refractivity contribution >= 4 is 23.4 Å². The molecule has 0 atom stereocenters. The van der Waals surface area contributed by atoms with E-state index in [1.54, 1.807) is 12.3 Å². The molecule has 1 aliphatic rings. The van der Waals surface area contributed by atoms with E-state index in [9.17, 15) is 9.59 Å². The monoisotopic (exact) mass is 433 g/mol. The van der Waals surface area contributed by atoms with E-state index >= 15 is 0 Å². The van der Waals surface area contributed by atoms with Gasteiger partial charge >= 0.3 is 0 Å². The lowest BCUT2D eigenvalue weighted by atomic mass is 9.95. The van der Waals surface area contributed by atoms with Gasteiger partial charge < -0.3 is 10.2 Å². The number of halogens is 1. The van der Waals surface area contributed by atoms with Crippen LogP contribution < -0.4 is 5.32 Å². The van der Waals surface area contributed by atoms with E-state index in [2.05, 4.69) is 10.3 Å². The molecule has 6 heteroatoms. The largest absolute Gasteiger partial charge is 0.352 e. The number of likely N-dealkylation sites (tertiary alicyclic amines) is 1. The Morgan fingerprint density at radius 2 is 1.77 bits per heavy atom. The highest BCUT2D eigenvalue weighted by molar-refractivity contribution is 6.30. The van der Waals surface area contributed by atoms with Crippen molar-refractivity contribution in [1.29, 1.82) is 0 Å². The number of nitrogens with zero attached hydrogens (tertiary/aromatic N) is 2. The highest BCUT2D eigenvalue weighted by Gasteiger charge is 2.28. The van der Waals surface area contributed by atoms with Gasteiger partial charge in [-0.3, -0.25) is 14.6 Å². The molecule has 1 saturated heterocycles. The van der Waals surface area contributed by atoms with Crippen LogP contribution in [0.15, 0.2) is 72.9 Å². The fourth-order valence-corrected chi connectivity index (χ4v) is 4.05. The zero-order valence-electron chi connectivity index (χ0n) is 17.1. The molecule has 0 radical (unpaired) electrons. The first-order valence-corrected chi connectivity index (χ1v) is 10.8. The van der Waals surface area contributed by atoms with Gasteiger partial charge in [-0.25, -0.2) is 0 Å². The number of aromatic nitrogens is 1. The molecule has 1 aromatic heterocycles. The van der Waals surface area contributed by atoms with Crippen LogP contribution in [0.5, 0.6) is 0 Å². The van der Waals surface area contributed by atoms with Gasteiger partial charge in [0.2, 0.25) is 5.91 Å². The van der Waals surface area contributed by atoms with Crippen molar-refractivity contribution < 1.29 is 9.59 Å². The van der Waals surface area contributed by atoms with Gasteiger partial charge in [-0.1, -0.05) is 54.1 Å².